The van der Waals surface area contributed by atoms with Gasteiger partial charge in [-0.2, -0.15) is 0 Å². The first-order valence-electron chi connectivity index (χ1n) is 4.40. The smallest absolute Gasteiger partial charge is 0.292 e. The fourth-order valence-electron chi connectivity index (χ4n) is 1.09. The number of benzene rings is 1. The minimum absolute atomic E-state index is 0.252. The van der Waals surface area contributed by atoms with Crippen molar-refractivity contribution in [3.63, 3.8) is 0 Å². The van der Waals surface area contributed by atoms with E-state index in [0.717, 1.165) is 25.1 Å². The van der Waals surface area contributed by atoms with E-state index in [1.165, 1.54) is 0 Å². The van der Waals surface area contributed by atoms with Crippen LogP contribution in [0.4, 0.5) is 24.5 Å². The van der Waals surface area contributed by atoms with Crippen LogP contribution in [0.5, 0.6) is 0 Å². The molecule has 0 radical (unpaired) electrons. The van der Waals surface area contributed by atoms with Crippen molar-refractivity contribution in [3.8, 4) is 0 Å². The summed E-state index contributed by atoms with van der Waals surface area (Å²) in [7, 11) is 0. The second-order valence-corrected chi connectivity index (χ2v) is 3.19. The quantitative estimate of drug-likeness (QED) is 0.643. The van der Waals surface area contributed by atoms with E-state index in [4.69, 9.17) is 0 Å². The van der Waals surface area contributed by atoms with E-state index in [2.05, 4.69) is 5.32 Å². The zero-order valence-electron chi connectivity index (χ0n) is 8.28. The van der Waals surface area contributed by atoms with Crippen molar-refractivity contribution in [1.82, 2.24) is 0 Å². The van der Waals surface area contributed by atoms with Gasteiger partial charge in [0.1, 0.15) is 11.5 Å². The van der Waals surface area contributed by atoms with E-state index in [-0.39, 0.29) is 5.69 Å². The molecular formula is C9H9F3N2O2. The number of nitro benzene ring substituents is 1. The largest absolute Gasteiger partial charge is 0.371 e. The highest BCUT2D eigenvalue weighted by Gasteiger charge is 2.20. The van der Waals surface area contributed by atoms with Crippen LogP contribution < -0.4 is 5.32 Å². The van der Waals surface area contributed by atoms with Gasteiger partial charge in [0.25, 0.3) is 12.1 Å². The molecule has 0 saturated carbocycles. The number of rotatable bonds is 4. The topological polar surface area (TPSA) is 55.2 Å². The molecule has 1 aromatic rings. The number of alkyl halides is 2. The maximum Gasteiger partial charge on any atom is 0.292 e. The molecule has 0 aliphatic carbocycles. The minimum Gasteiger partial charge on any atom is -0.371 e. The lowest BCUT2D eigenvalue weighted by atomic mass is 10.2. The van der Waals surface area contributed by atoms with Gasteiger partial charge in [-0.3, -0.25) is 10.1 Å². The average molecular weight is 234 g/mol. The first kappa shape index (κ1) is 12.3. The highest BCUT2D eigenvalue weighted by Crippen LogP contribution is 2.26. The maximum atomic E-state index is 12.8. The fraction of sp³-hybridized carbons (Fsp3) is 0.333. The van der Waals surface area contributed by atoms with Crippen LogP contribution >= 0.6 is 0 Å². The number of anilines is 1. The number of halogens is 3. The van der Waals surface area contributed by atoms with Crippen LogP contribution in [0.2, 0.25) is 0 Å². The second-order valence-electron chi connectivity index (χ2n) is 3.19. The molecule has 88 valence electrons. The van der Waals surface area contributed by atoms with Crippen LogP contribution in [0.1, 0.15) is 6.92 Å². The zero-order chi connectivity index (χ0) is 12.3. The average Bonchev–Trinajstić information content (AvgIpc) is 2.16. The molecule has 0 spiro atoms. The van der Waals surface area contributed by atoms with Crippen LogP contribution in [-0.2, 0) is 0 Å². The summed E-state index contributed by atoms with van der Waals surface area (Å²) in [5.74, 6) is -0.727. The Bertz CT molecular complexity index is 398. The first-order chi connectivity index (χ1) is 7.41. The van der Waals surface area contributed by atoms with Crippen LogP contribution in [0.25, 0.3) is 0 Å². The van der Waals surface area contributed by atoms with Gasteiger partial charge in [0.2, 0.25) is 0 Å². The molecule has 0 fully saturated rings. The van der Waals surface area contributed by atoms with Gasteiger partial charge >= 0.3 is 0 Å². The molecular weight excluding hydrogens is 225 g/mol. The van der Waals surface area contributed by atoms with Crippen molar-refractivity contribution in [2.24, 2.45) is 0 Å². The van der Waals surface area contributed by atoms with Gasteiger partial charge in [-0.05, 0) is 13.0 Å². The molecule has 0 aromatic heterocycles. The van der Waals surface area contributed by atoms with Crippen LogP contribution in [-0.4, -0.2) is 17.4 Å². The third-order valence-corrected chi connectivity index (χ3v) is 1.92. The Balaban J connectivity index is 3.01. The minimum atomic E-state index is -2.69. The lowest BCUT2D eigenvalue weighted by Gasteiger charge is -2.13. The molecule has 0 bridgehead atoms. The number of hydrogen-bond donors (Lipinski definition) is 1. The Labute approximate surface area is 89.2 Å². The van der Waals surface area contributed by atoms with E-state index in [1.54, 1.807) is 0 Å². The number of nitrogens with zero attached hydrogens (tertiary/aromatic N) is 1. The molecule has 0 saturated heterocycles. The molecule has 0 aliphatic heterocycles. The molecule has 0 amide bonds. The molecule has 1 aromatic carbocycles. The third-order valence-electron chi connectivity index (χ3n) is 1.92. The van der Waals surface area contributed by atoms with Gasteiger partial charge in [-0.1, -0.05) is 0 Å². The summed E-state index contributed by atoms with van der Waals surface area (Å²) >= 11 is 0. The Morgan fingerprint density at radius 1 is 1.44 bits per heavy atom. The Hall–Kier alpha value is -1.79. The number of nitro groups is 1. The maximum absolute atomic E-state index is 12.8. The molecule has 0 aliphatic rings. The molecule has 7 heteroatoms. The lowest BCUT2D eigenvalue weighted by molar-refractivity contribution is -0.384. The molecule has 0 heterocycles. The van der Waals surface area contributed by atoms with Crippen LogP contribution in [0.15, 0.2) is 18.2 Å². The Morgan fingerprint density at radius 3 is 2.56 bits per heavy atom. The van der Waals surface area contributed by atoms with E-state index < -0.39 is 28.9 Å². The summed E-state index contributed by atoms with van der Waals surface area (Å²) in [6, 6.07) is 1.35. The van der Waals surface area contributed by atoms with Crippen molar-refractivity contribution in [2.45, 2.75) is 19.4 Å². The van der Waals surface area contributed by atoms with E-state index >= 15 is 0 Å². The SMILES string of the molecule is CC(Nc1cc(F)ccc1[N+](=O)[O-])C(F)F. The standard InChI is InChI=1S/C9H9F3N2O2/c1-5(9(11)12)13-7-4-6(10)2-3-8(7)14(15)16/h2-5,9,13H,1H3. The monoisotopic (exact) mass is 234 g/mol. The number of hydrogen-bond acceptors (Lipinski definition) is 3. The van der Waals surface area contributed by atoms with Crippen molar-refractivity contribution in [2.75, 3.05) is 5.32 Å². The predicted molar refractivity (Wildman–Crippen MR) is 52.1 cm³/mol. The molecule has 1 atom stereocenters. The fourth-order valence-corrected chi connectivity index (χ4v) is 1.09. The molecule has 16 heavy (non-hydrogen) atoms. The van der Waals surface area contributed by atoms with Gasteiger partial charge < -0.3 is 5.32 Å². The number of nitrogens with one attached hydrogen (secondary N) is 1. The van der Waals surface area contributed by atoms with Crippen LogP contribution in [0, 0.1) is 15.9 Å². The van der Waals surface area contributed by atoms with Crippen molar-refractivity contribution in [1.29, 1.82) is 0 Å². The van der Waals surface area contributed by atoms with Gasteiger partial charge in [-0.15, -0.1) is 0 Å². The molecule has 1 rings (SSSR count). The van der Waals surface area contributed by atoms with E-state index in [1.807, 2.05) is 0 Å². The van der Waals surface area contributed by atoms with Gasteiger partial charge in [-0.25, -0.2) is 13.2 Å². The second kappa shape index (κ2) is 4.82. The molecule has 4 nitrogen and oxygen atoms in total. The van der Waals surface area contributed by atoms with Crippen molar-refractivity contribution in [3.05, 3.63) is 34.1 Å². The van der Waals surface area contributed by atoms with E-state index in [9.17, 15) is 23.3 Å². The summed E-state index contributed by atoms with van der Waals surface area (Å²) in [5.41, 5.74) is -0.688. The van der Waals surface area contributed by atoms with Crippen LogP contribution in [0.3, 0.4) is 0 Å². The summed E-state index contributed by atoms with van der Waals surface area (Å²) in [6.45, 7) is 1.15. The third kappa shape index (κ3) is 2.85. The Morgan fingerprint density at radius 2 is 2.06 bits per heavy atom. The first-order valence-corrected chi connectivity index (χ1v) is 4.40. The van der Waals surface area contributed by atoms with Gasteiger partial charge in [0.05, 0.1) is 11.0 Å². The molecule has 1 N–H and O–H groups in total. The highest BCUT2D eigenvalue weighted by atomic mass is 19.3. The highest BCUT2D eigenvalue weighted by molar-refractivity contribution is 5.61. The van der Waals surface area contributed by atoms with E-state index in [0.29, 0.717) is 0 Å². The predicted octanol–water partition coefficient (Wildman–Crippen LogP) is 2.80. The van der Waals surface area contributed by atoms with Gasteiger partial charge in [0.15, 0.2) is 0 Å². The van der Waals surface area contributed by atoms with Gasteiger partial charge in [0, 0.05) is 12.1 Å². The lowest BCUT2D eigenvalue weighted by Crippen LogP contribution is -2.24. The molecule has 1 unspecified atom stereocenters. The normalized spacial score (nSPS) is 12.6. The summed E-state index contributed by atoms with van der Waals surface area (Å²) in [5, 5.41) is 12.7. The summed E-state index contributed by atoms with van der Waals surface area (Å²) in [4.78, 5) is 9.78. The van der Waals surface area contributed by atoms with Crippen molar-refractivity contribution < 1.29 is 18.1 Å². The summed E-state index contributed by atoms with van der Waals surface area (Å²) in [6.07, 6.45) is -2.69. The summed E-state index contributed by atoms with van der Waals surface area (Å²) < 4.78 is 37.3. The zero-order valence-corrected chi connectivity index (χ0v) is 8.28. The van der Waals surface area contributed by atoms with Crippen molar-refractivity contribution >= 4 is 11.4 Å². The Kier molecular flexibility index (Phi) is 3.70.